The van der Waals surface area contributed by atoms with Crippen molar-refractivity contribution in [3.8, 4) is 11.8 Å². The van der Waals surface area contributed by atoms with Crippen molar-refractivity contribution in [1.82, 2.24) is 9.97 Å². The van der Waals surface area contributed by atoms with E-state index >= 15 is 0 Å². The number of nitrogens with zero attached hydrogens (tertiary/aromatic N) is 2. The summed E-state index contributed by atoms with van der Waals surface area (Å²) in [5.74, 6) is -1.00. The van der Waals surface area contributed by atoms with Gasteiger partial charge >= 0.3 is 11.9 Å². The lowest BCUT2D eigenvalue weighted by atomic mass is 10.0. The van der Waals surface area contributed by atoms with Crippen molar-refractivity contribution in [1.29, 1.82) is 0 Å². The molecule has 2 aliphatic heterocycles. The van der Waals surface area contributed by atoms with Gasteiger partial charge in [-0.05, 0) is 12.1 Å². The summed E-state index contributed by atoms with van der Waals surface area (Å²) >= 11 is 0. The molecule has 0 saturated carbocycles. The number of esters is 1. The third kappa shape index (κ3) is 3.37. The number of methoxy groups -OCH3 is 1. The van der Waals surface area contributed by atoms with Crippen LogP contribution in [-0.4, -0.2) is 47.3 Å². The van der Waals surface area contributed by atoms with Crippen LogP contribution < -0.4 is 9.47 Å². The predicted molar refractivity (Wildman–Crippen MR) is 84.6 cm³/mol. The molecule has 0 bridgehead atoms. The van der Waals surface area contributed by atoms with E-state index < -0.39 is 11.9 Å². The maximum Gasteiger partial charge on any atom is 0.316 e. The van der Waals surface area contributed by atoms with Gasteiger partial charge in [-0.15, -0.1) is 0 Å². The third-order valence-corrected chi connectivity index (χ3v) is 3.91. The van der Waals surface area contributed by atoms with Crippen molar-refractivity contribution in [2.75, 3.05) is 20.3 Å². The molecule has 0 aromatic carbocycles. The van der Waals surface area contributed by atoms with Crippen LogP contribution in [0.4, 0.5) is 0 Å². The molecule has 0 radical (unpaired) electrons. The van der Waals surface area contributed by atoms with E-state index in [0.29, 0.717) is 23.9 Å². The third-order valence-electron chi connectivity index (χ3n) is 3.91. The lowest BCUT2D eigenvalue weighted by Crippen LogP contribution is -2.15. The van der Waals surface area contributed by atoms with Crippen LogP contribution in [-0.2, 0) is 14.3 Å². The van der Waals surface area contributed by atoms with E-state index in [1.165, 1.54) is 7.11 Å². The lowest BCUT2D eigenvalue weighted by molar-refractivity contribution is -0.142. The van der Waals surface area contributed by atoms with E-state index in [1.54, 1.807) is 30.6 Å². The van der Waals surface area contributed by atoms with Crippen molar-refractivity contribution in [3.63, 3.8) is 0 Å². The van der Waals surface area contributed by atoms with Gasteiger partial charge < -0.3 is 19.3 Å². The second-order valence-electron chi connectivity index (χ2n) is 5.38. The molecule has 4 rings (SSSR count). The van der Waals surface area contributed by atoms with Crippen molar-refractivity contribution < 1.29 is 28.9 Å². The van der Waals surface area contributed by atoms with Gasteiger partial charge in [0.1, 0.15) is 25.0 Å². The molecule has 2 aliphatic rings. The summed E-state index contributed by atoms with van der Waals surface area (Å²) in [6.07, 6.45) is 3.22. The van der Waals surface area contributed by atoms with Gasteiger partial charge in [0.25, 0.3) is 0 Å². The number of carbonyl (C=O) groups is 2. The Labute approximate surface area is 143 Å². The molecule has 130 valence electrons. The second kappa shape index (κ2) is 7.16. The highest BCUT2D eigenvalue weighted by molar-refractivity contribution is 5.80. The molecule has 4 heterocycles. The highest BCUT2D eigenvalue weighted by atomic mass is 16.5. The molecular weight excluding hydrogens is 328 g/mol. The molecule has 8 heteroatoms. The summed E-state index contributed by atoms with van der Waals surface area (Å²) in [6, 6.07) is 7.05. The maximum absolute atomic E-state index is 11.2. The highest BCUT2D eigenvalue weighted by Crippen LogP contribution is 2.32. The van der Waals surface area contributed by atoms with Gasteiger partial charge in [0.15, 0.2) is 0 Å². The smallest absolute Gasteiger partial charge is 0.316 e. The Hall–Kier alpha value is -3.16. The quantitative estimate of drug-likeness (QED) is 0.814. The fraction of sp³-hybridized carbons (Fsp3) is 0.294. The van der Waals surface area contributed by atoms with Gasteiger partial charge in [-0.1, -0.05) is 12.1 Å². The number of aromatic nitrogens is 2. The van der Waals surface area contributed by atoms with Crippen LogP contribution in [0.25, 0.3) is 0 Å². The van der Waals surface area contributed by atoms with E-state index in [2.05, 4.69) is 14.7 Å². The minimum atomic E-state index is -0.859. The number of hydrogen-bond acceptors (Lipinski definition) is 7. The zero-order chi connectivity index (χ0) is 17.8. The van der Waals surface area contributed by atoms with Crippen LogP contribution in [0, 0.1) is 0 Å². The van der Waals surface area contributed by atoms with E-state index in [0.717, 1.165) is 5.56 Å². The molecule has 1 N–H and O–H groups in total. The summed E-state index contributed by atoms with van der Waals surface area (Å²) in [7, 11) is 1.37. The van der Waals surface area contributed by atoms with E-state index in [4.69, 9.17) is 14.6 Å². The Morgan fingerprint density at radius 1 is 1.04 bits per heavy atom. The van der Waals surface area contributed by atoms with E-state index in [-0.39, 0.29) is 18.5 Å². The fourth-order valence-electron chi connectivity index (χ4n) is 2.62. The number of carboxylic acids is 1. The van der Waals surface area contributed by atoms with Gasteiger partial charge in [0.2, 0.25) is 11.8 Å². The molecule has 0 aliphatic carbocycles. The molecular formula is C17H16N2O6. The number of aliphatic carboxylic acids is 1. The Bertz CT molecular complexity index is 794. The number of carbonyl (C=O) groups excluding carboxylic acids is 1. The number of ether oxygens (including phenoxy) is 3. The molecule has 2 aromatic rings. The van der Waals surface area contributed by atoms with Crippen LogP contribution in [0.3, 0.4) is 0 Å². The number of hydrogen-bond donors (Lipinski definition) is 1. The first-order valence-corrected chi connectivity index (χ1v) is 7.58. The molecule has 0 saturated heterocycles. The summed E-state index contributed by atoms with van der Waals surface area (Å²) in [5, 5.41) is 8.75. The number of pyridine rings is 2. The van der Waals surface area contributed by atoms with Crippen LogP contribution in [0.1, 0.15) is 23.0 Å². The number of fused-ring (bicyclic) bond motifs is 2. The van der Waals surface area contributed by atoms with Gasteiger partial charge in [-0.25, -0.2) is 9.97 Å². The van der Waals surface area contributed by atoms with Gasteiger partial charge in [-0.2, -0.15) is 0 Å². The van der Waals surface area contributed by atoms with Crippen molar-refractivity contribution in [3.05, 3.63) is 47.8 Å². The average Bonchev–Trinajstić information content (AvgIpc) is 3.26. The molecule has 0 fully saturated rings. The van der Waals surface area contributed by atoms with Crippen LogP contribution in [0.2, 0.25) is 0 Å². The second-order valence-corrected chi connectivity index (χ2v) is 5.38. The van der Waals surface area contributed by atoms with Gasteiger partial charge in [-0.3, -0.25) is 9.59 Å². The Balaban J connectivity index is 0.000000146. The molecule has 25 heavy (non-hydrogen) atoms. The van der Waals surface area contributed by atoms with E-state index in [1.807, 2.05) is 6.07 Å². The average molecular weight is 344 g/mol. The first kappa shape index (κ1) is 16.7. The molecule has 2 aromatic heterocycles. The van der Waals surface area contributed by atoms with Gasteiger partial charge in [0, 0.05) is 23.5 Å². The summed E-state index contributed by atoms with van der Waals surface area (Å²) < 4.78 is 14.9. The first-order chi connectivity index (χ1) is 12.1. The Morgan fingerprint density at radius 3 is 2.08 bits per heavy atom. The van der Waals surface area contributed by atoms with Crippen molar-refractivity contribution >= 4 is 11.9 Å². The lowest BCUT2D eigenvalue weighted by Gasteiger charge is -2.04. The Kier molecular flexibility index (Phi) is 4.78. The summed E-state index contributed by atoms with van der Waals surface area (Å²) in [5.41, 5.74) is 1.49. The van der Waals surface area contributed by atoms with Crippen LogP contribution in [0.5, 0.6) is 11.8 Å². The van der Waals surface area contributed by atoms with Crippen molar-refractivity contribution in [2.45, 2.75) is 11.8 Å². The van der Waals surface area contributed by atoms with Crippen molar-refractivity contribution in [2.24, 2.45) is 0 Å². The summed E-state index contributed by atoms with van der Waals surface area (Å²) in [6.45, 7) is 0.528. The molecule has 2 unspecified atom stereocenters. The minimum absolute atomic E-state index is 0.196. The molecule has 2 atom stereocenters. The van der Waals surface area contributed by atoms with Crippen LogP contribution in [0.15, 0.2) is 36.7 Å². The highest BCUT2D eigenvalue weighted by Gasteiger charge is 2.32. The Morgan fingerprint density at radius 2 is 1.56 bits per heavy atom. The molecule has 0 amide bonds. The zero-order valence-corrected chi connectivity index (χ0v) is 13.4. The zero-order valence-electron chi connectivity index (χ0n) is 13.4. The summed E-state index contributed by atoms with van der Waals surface area (Å²) in [4.78, 5) is 29.8. The number of carboxylic acid groups (broad SMARTS) is 1. The minimum Gasteiger partial charge on any atom is -0.481 e. The normalized spacial score (nSPS) is 19.4. The predicted octanol–water partition coefficient (Wildman–Crippen LogP) is 1.37. The molecule has 8 nitrogen and oxygen atoms in total. The SMILES string of the molecule is COC(=O)C1COc2ncccc21.O=C(O)C1COc2ncccc21. The van der Waals surface area contributed by atoms with Gasteiger partial charge in [0.05, 0.1) is 7.11 Å². The largest absolute Gasteiger partial charge is 0.481 e. The first-order valence-electron chi connectivity index (χ1n) is 7.58. The molecule has 0 spiro atoms. The standard InChI is InChI=1S/C9H9NO3.C8H7NO3/c1-12-9(11)7-5-13-8-6(7)3-2-4-10-8;10-8(11)6-4-12-7-5(6)2-1-3-9-7/h2-4,7H,5H2,1H3;1-3,6H,4H2,(H,10,11). The fourth-order valence-corrected chi connectivity index (χ4v) is 2.62. The topological polar surface area (TPSA) is 108 Å². The number of rotatable bonds is 2. The monoisotopic (exact) mass is 344 g/mol. The maximum atomic E-state index is 11.2. The van der Waals surface area contributed by atoms with Crippen LogP contribution >= 0.6 is 0 Å². The van der Waals surface area contributed by atoms with E-state index in [9.17, 15) is 9.59 Å².